The Morgan fingerprint density at radius 3 is 2.53 bits per heavy atom. The Morgan fingerprint density at radius 1 is 1.47 bits per heavy atom. The van der Waals surface area contributed by atoms with Gasteiger partial charge in [0, 0.05) is 21.9 Å². The Hall–Kier alpha value is -0.960. The summed E-state index contributed by atoms with van der Waals surface area (Å²) in [5, 5.41) is 0. The lowest BCUT2D eigenvalue weighted by atomic mass is 10.1. The van der Waals surface area contributed by atoms with Crippen molar-refractivity contribution in [3.8, 4) is 0 Å². The van der Waals surface area contributed by atoms with E-state index >= 15 is 0 Å². The third-order valence-corrected chi connectivity index (χ3v) is 2.39. The number of aromatic nitrogens is 1. The highest BCUT2D eigenvalue weighted by Crippen LogP contribution is 2.20. The van der Waals surface area contributed by atoms with Crippen molar-refractivity contribution >= 4 is 28.3 Å². The first-order chi connectivity index (χ1) is 7.15. The molecule has 1 aromatic rings. The maximum absolute atomic E-state index is 10.4. The molecule has 15 heavy (non-hydrogen) atoms. The molecule has 3 heteroatoms. The maximum atomic E-state index is 10.4. The van der Waals surface area contributed by atoms with Gasteiger partial charge in [0.05, 0.1) is 0 Å². The fourth-order valence-corrected chi connectivity index (χ4v) is 1.50. The SMILES string of the molecule is C/C(C=O)=C\c1c(Br)ccnc1C.CC. The minimum atomic E-state index is 0.691. The standard InChI is InChI=1S/C10H10BrNO.C2H6/c1-7(6-13)5-9-8(2)12-4-3-10(9)11;1-2/h3-6H,1-2H3;1-2H3/b7-5+;. The zero-order valence-electron chi connectivity index (χ0n) is 9.54. The predicted octanol–water partition coefficient (Wildman–Crippen LogP) is 3.78. The van der Waals surface area contributed by atoms with Gasteiger partial charge in [0.2, 0.25) is 0 Å². The van der Waals surface area contributed by atoms with Crippen LogP contribution in [0.3, 0.4) is 0 Å². The van der Waals surface area contributed by atoms with E-state index in [-0.39, 0.29) is 0 Å². The molecule has 0 unspecified atom stereocenters. The summed E-state index contributed by atoms with van der Waals surface area (Å²) in [4.78, 5) is 14.6. The molecule has 0 aliphatic rings. The van der Waals surface area contributed by atoms with E-state index in [2.05, 4.69) is 20.9 Å². The van der Waals surface area contributed by atoms with Crippen molar-refractivity contribution in [1.29, 1.82) is 0 Å². The lowest BCUT2D eigenvalue weighted by Crippen LogP contribution is -1.88. The molecule has 1 aromatic heterocycles. The monoisotopic (exact) mass is 269 g/mol. The Labute approximate surface area is 99.6 Å². The number of allylic oxidation sites excluding steroid dienone is 1. The van der Waals surface area contributed by atoms with Crippen LogP contribution in [-0.2, 0) is 4.79 Å². The summed E-state index contributed by atoms with van der Waals surface area (Å²) >= 11 is 3.40. The number of rotatable bonds is 2. The maximum Gasteiger partial charge on any atom is 0.145 e. The van der Waals surface area contributed by atoms with Gasteiger partial charge in [0.15, 0.2) is 0 Å². The highest BCUT2D eigenvalue weighted by atomic mass is 79.9. The number of carbonyl (C=O) groups excluding carboxylic acids is 1. The van der Waals surface area contributed by atoms with Crippen LogP contribution in [0.25, 0.3) is 6.08 Å². The average Bonchev–Trinajstić information content (AvgIpc) is 2.26. The van der Waals surface area contributed by atoms with Gasteiger partial charge in [0.25, 0.3) is 0 Å². The molecule has 0 saturated carbocycles. The molecule has 0 N–H and O–H groups in total. The summed E-state index contributed by atoms with van der Waals surface area (Å²) in [5.41, 5.74) is 2.57. The summed E-state index contributed by atoms with van der Waals surface area (Å²) in [5.74, 6) is 0. The smallest absolute Gasteiger partial charge is 0.145 e. The minimum Gasteiger partial charge on any atom is -0.298 e. The molecule has 82 valence electrons. The number of nitrogens with zero attached hydrogens (tertiary/aromatic N) is 1. The van der Waals surface area contributed by atoms with Gasteiger partial charge in [-0.05, 0) is 31.6 Å². The highest BCUT2D eigenvalue weighted by molar-refractivity contribution is 9.10. The van der Waals surface area contributed by atoms with Crippen LogP contribution in [0.1, 0.15) is 32.0 Å². The number of hydrogen-bond acceptors (Lipinski definition) is 2. The molecule has 1 heterocycles. The largest absolute Gasteiger partial charge is 0.298 e. The zero-order chi connectivity index (χ0) is 11.8. The summed E-state index contributed by atoms with van der Waals surface area (Å²) in [6.07, 6.45) is 4.38. The molecule has 0 saturated heterocycles. The van der Waals surface area contributed by atoms with Crippen molar-refractivity contribution in [2.24, 2.45) is 0 Å². The molecule has 0 fully saturated rings. The van der Waals surface area contributed by atoms with Crippen molar-refractivity contribution < 1.29 is 4.79 Å². The van der Waals surface area contributed by atoms with Crippen molar-refractivity contribution in [1.82, 2.24) is 4.98 Å². The first-order valence-corrected chi connectivity index (χ1v) is 5.69. The summed E-state index contributed by atoms with van der Waals surface area (Å²) in [7, 11) is 0. The summed E-state index contributed by atoms with van der Waals surface area (Å²) < 4.78 is 0.959. The second-order valence-electron chi connectivity index (χ2n) is 2.80. The summed E-state index contributed by atoms with van der Waals surface area (Å²) in [6, 6.07) is 1.86. The van der Waals surface area contributed by atoms with Gasteiger partial charge in [-0.3, -0.25) is 9.78 Å². The van der Waals surface area contributed by atoms with Gasteiger partial charge in [-0.15, -0.1) is 0 Å². The van der Waals surface area contributed by atoms with E-state index in [4.69, 9.17) is 0 Å². The number of pyridine rings is 1. The van der Waals surface area contributed by atoms with Crippen LogP contribution in [0.15, 0.2) is 22.3 Å². The topological polar surface area (TPSA) is 30.0 Å². The molecule has 2 nitrogen and oxygen atoms in total. The third-order valence-electron chi connectivity index (χ3n) is 1.69. The molecule has 0 bridgehead atoms. The van der Waals surface area contributed by atoms with E-state index in [0.29, 0.717) is 5.57 Å². The number of aldehydes is 1. The van der Waals surface area contributed by atoms with Crippen molar-refractivity contribution in [3.63, 3.8) is 0 Å². The van der Waals surface area contributed by atoms with Crippen molar-refractivity contribution in [2.75, 3.05) is 0 Å². The second-order valence-corrected chi connectivity index (χ2v) is 3.65. The fraction of sp³-hybridized carbons (Fsp3) is 0.333. The van der Waals surface area contributed by atoms with E-state index in [1.54, 1.807) is 13.1 Å². The fourth-order valence-electron chi connectivity index (χ4n) is 0.982. The van der Waals surface area contributed by atoms with Gasteiger partial charge in [-0.25, -0.2) is 0 Å². The van der Waals surface area contributed by atoms with Crippen LogP contribution in [-0.4, -0.2) is 11.3 Å². The molecule has 0 amide bonds. The molecule has 0 aromatic carbocycles. The van der Waals surface area contributed by atoms with Crippen LogP contribution in [0.5, 0.6) is 0 Å². The van der Waals surface area contributed by atoms with E-state index in [1.165, 1.54) is 0 Å². The molecule has 0 spiro atoms. The summed E-state index contributed by atoms with van der Waals surface area (Å²) in [6.45, 7) is 7.68. The third kappa shape index (κ3) is 4.38. The molecule has 0 aliphatic carbocycles. The van der Waals surface area contributed by atoms with Gasteiger partial charge < -0.3 is 0 Å². The molecule has 0 aliphatic heterocycles. The molecule has 0 atom stereocenters. The first kappa shape index (κ1) is 14.0. The van der Waals surface area contributed by atoms with Crippen LogP contribution in [0, 0.1) is 6.92 Å². The normalized spacial score (nSPS) is 10.3. The number of aryl methyl sites for hydroxylation is 1. The second kappa shape index (κ2) is 7.35. The van der Waals surface area contributed by atoms with E-state index in [0.717, 1.165) is 22.0 Å². The Balaban J connectivity index is 0.000000921. The van der Waals surface area contributed by atoms with E-state index in [9.17, 15) is 4.79 Å². The van der Waals surface area contributed by atoms with Crippen LogP contribution in [0.4, 0.5) is 0 Å². The average molecular weight is 270 g/mol. The highest BCUT2D eigenvalue weighted by Gasteiger charge is 2.01. The Morgan fingerprint density at radius 2 is 2.07 bits per heavy atom. The van der Waals surface area contributed by atoms with Crippen LogP contribution < -0.4 is 0 Å². The van der Waals surface area contributed by atoms with Crippen LogP contribution >= 0.6 is 15.9 Å². The molecular weight excluding hydrogens is 254 g/mol. The first-order valence-electron chi connectivity index (χ1n) is 4.89. The minimum absolute atomic E-state index is 0.691. The van der Waals surface area contributed by atoms with E-state index in [1.807, 2.05) is 32.9 Å². The lowest BCUT2D eigenvalue weighted by molar-refractivity contribution is -0.104. The van der Waals surface area contributed by atoms with Crippen molar-refractivity contribution in [2.45, 2.75) is 27.7 Å². The lowest BCUT2D eigenvalue weighted by Gasteiger charge is -2.01. The molecular formula is C12H16BrNO. The van der Waals surface area contributed by atoms with Gasteiger partial charge in [-0.2, -0.15) is 0 Å². The predicted molar refractivity (Wildman–Crippen MR) is 67.7 cm³/mol. The molecule has 1 rings (SSSR count). The Bertz CT molecular complexity index is 338. The zero-order valence-corrected chi connectivity index (χ0v) is 11.1. The van der Waals surface area contributed by atoms with Crippen molar-refractivity contribution in [3.05, 3.63) is 33.6 Å². The number of hydrogen-bond donors (Lipinski definition) is 0. The van der Waals surface area contributed by atoms with Crippen LogP contribution in [0.2, 0.25) is 0 Å². The van der Waals surface area contributed by atoms with Gasteiger partial charge in [-0.1, -0.05) is 29.8 Å². The van der Waals surface area contributed by atoms with Gasteiger partial charge in [0.1, 0.15) is 6.29 Å². The number of carbonyl (C=O) groups is 1. The quantitative estimate of drug-likeness (QED) is 0.604. The van der Waals surface area contributed by atoms with Gasteiger partial charge >= 0.3 is 0 Å². The Kier molecular flexibility index (Phi) is 6.88. The van der Waals surface area contributed by atoms with E-state index < -0.39 is 0 Å². The number of halogens is 1. The molecule has 0 radical (unpaired) electrons.